The molecule has 0 spiro atoms. The van der Waals surface area contributed by atoms with Crippen LogP contribution >= 0.6 is 0 Å². The van der Waals surface area contributed by atoms with Crippen LogP contribution in [0, 0.1) is 5.92 Å². The smallest absolute Gasteiger partial charge is 0.325 e. The average Bonchev–Trinajstić information content (AvgIpc) is 2.30. The van der Waals surface area contributed by atoms with Crippen molar-refractivity contribution in [2.45, 2.75) is 62.3 Å². The van der Waals surface area contributed by atoms with Crippen molar-refractivity contribution < 1.29 is 24.5 Å². The number of nitrogens with one attached hydrogen (secondary N) is 1. The third kappa shape index (κ3) is 2.77. The van der Waals surface area contributed by atoms with Gasteiger partial charge in [-0.15, -0.1) is 0 Å². The molecule has 6 nitrogen and oxygen atoms in total. The molecule has 4 rings (SSSR count). The van der Waals surface area contributed by atoms with Crippen molar-refractivity contribution in [3.05, 3.63) is 12.2 Å². The van der Waals surface area contributed by atoms with Crippen molar-refractivity contribution in [3.63, 3.8) is 0 Å². The zero-order valence-electron chi connectivity index (χ0n) is 12.9. The second kappa shape index (κ2) is 4.80. The van der Waals surface area contributed by atoms with E-state index in [0.717, 1.165) is 0 Å². The highest BCUT2D eigenvalue weighted by atomic mass is 16.6. The molecule has 2 atom stereocenters. The first-order valence-electron chi connectivity index (χ1n) is 7.73. The average molecular weight is 309 g/mol. The minimum absolute atomic E-state index is 0.184. The van der Waals surface area contributed by atoms with E-state index in [1.807, 2.05) is 0 Å². The summed E-state index contributed by atoms with van der Waals surface area (Å²) in [6.45, 7) is 4.83. The van der Waals surface area contributed by atoms with Gasteiger partial charge in [0.2, 0.25) is 5.91 Å². The van der Waals surface area contributed by atoms with Gasteiger partial charge >= 0.3 is 5.97 Å². The summed E-state index contributed by atoms with van der Waals surface area (Å²) in [5.41, 5.74) is -2.34. The van der Waals surface area contributed by atoms with Gasteiger partial charge in [0.05, 0.1) is 11.2 Å². The normalized spacial score (nSPS) is 42.0. The van der Waals surface area contributed by atoms with E-state index in [9.17, 15) is 19.8 Å². The molecular weight excluding hydrogens is 286 g/mol. The van der Waals surface area contributed by atoms with Crippen LogP contribution in [-0.2, 0) is 14.3 Å². The summed E-state index contributed by atoms with van der Waals surface area (Å²) < 4.78 is 5.61. The number of hydrogen-bond acceptors (Lipinski definition) is 5. The molecular formula is C16H23NO5. The van der Waals surface area contributed by atoms with E-state index in [2.05, 4.69) is 11.9 Å². The van der Waals surface area contributed by atoms with Crippen LogP contribution in [0.15, 0.2) is 12.2 Å². The maximum absolute atomic E-state index is 12.0. The zero-order chi connectivity index (χ0) is 16.2. The summed E-state index contributed by atoms with van der Waals surface area (Å²) in [6.07, 6.45) is 3.12. The SMILES string of the molecule is C=C(C)C(=O)NCC(=O)OC12CC3CC(O)(CC(O)(C3)C1)C2. The minimum atomic E-state index is -0.935. The Bertz CT molecular complexity index is 525. The van der Waals surface area contributed by atoms with E-state index in [-0.39, 0.29) is 18.4 Å². The van der Waals surface area contributed by atoms with Gasteiger partial charge in [-0.2, -0.15) is 0 Å². The molecule has 0 heterocycles. The number of hydrogen-bond donors (Lipinski definition) is 3. The Balaban J connectivity index is 1.66. The predicted molar refractivity (Wildman–Crippen MR) is 77.7 cm³/mol. The van der Waals surface area contributed by atoms with Crippen molar-refractivity contribution in [2.24, 2.45) is 5.92 Å². The third-order valence-corrected chi connectivity index (χ3v) is 5.07. The topological polar surface area (TPSA) is 95.9 Å². The van der Waals surface area contributed by atoms with Gasteiger partial charge in [0.15, 0.2) is 0 Å². The summed E-state index contributed by atoms with van der Waals surface area (Å²) in [6, 6.07) is 0. The summed E-state index contributed by atoms with van der Waals surface area (Å²) in [5.74, 6) is -0.743. The van der Waals surface area contributed by atoms with Gasteiger partial charge in [0.25, 0.3) is 0 Å². The largest absolute Gasteiger partial charge is 0.458 e. The van der Waals surface area contributed by atoms with Crippen LogP contribution in [0.5, 0.6) is 0 Å². The van der Waals surface area contributed by atoms with Crippen LogP contribution in [0.2, 0.25) is 0 Å². The first kappa shape index (κ1) is 15.5. The second-order valence-corrected chi connectivity index (χ2v) is 7.58. The van der Waals surface area contributed by atoms with Gasteiger partial charge in [-0.3, -0.25) is 9.59 Å². The standard InChI is InChI=1S/C16H23NO5/c1-10(2)13(19)17-6-12(18)22-16-5-11-3-14(20,8-16)7-15(21,4-11)9-16/h11,20-21H,1,3-9H2,2H3,(H,17,19). The first-order chi connectivity index (χ1) is 10.1. The number of rotatable bonds is 4. The Kier molecular flexibility index (Phi) is 3.38. The Morgan fingerprint density at radius 1 is 1.18 bits per heavy atom. The molecule has 4 aliphatic rings. The van der Waals surface area contributed by atoms with E-state index in [4.69, 9.17) is 4.74 Å². The molecule has 4 saturated carbocycles. The zero-order valence-corrected chi connectivity index (χ0v) is 12.9. The Labute approximate surface area is 129 Å². The Morgan fingerprint density at radius 3 is 2.27 bits per heavy atom. The third-order valence-electron chi connectivity index (χ3n) is 5.07. The molecule has 0 aromatic rings. The van der Waals surface area contributed by atoms with Gasteiger partial charge in [-0.05, 0) is 32.1 Å². The number of amides is 1. The summed E-state index contributed by atoms with van der Waals surface area (Å²) >= 11 is 0. The lowest BCUT2D eigenvalue weighted by atomic mass is 9.50. The Morgan fingerprint density at radius 2 is 1.77 bits per heavy atom. The summed E-state index contributed by atoms with van der Waals surface area (Å²) in [7, 11) is 0. The predicted octanol–water partition coefficient (Wildman–Crippen LogP) is 0.420. The molecule has 4 aliphatic carbocycles. The number of ether oxygens (including phenoxy) is 1. The van der Waals surface area contributed by atoms with Crippen molar-refractivity contribution in [2.75, 3.05) is 6.54 Å². The molecule has 122 valence electrons. The number of aliphatic hydroxyl groups is 2. The van der Waals surface area contributed by atoms with Crippen molar-refractivity contribution in [3.8, 4) is 0 Å². The van der Waals surface area contributed by atoms with Crippen LogP contribution < -0.4 is 5.32 Å². The summed E-state index contributed by atoms with van der Waals surface area (Å²) in [5, 5.41) is 23.7. The van der Waals surface area contributed by atoms with E-state index in [0.29, 0.717) is 44.1 Å². The van der Waals surface area contributed by atoms with E-state index in [1.165, 1.54) is 0 Å². The lowest BCUT2D eigenvalue weighted by Gasteiger charge is -2.62. The number of carbonyl (C=O) groups is 2. The van der Waals surface area contributed by atoms with Crippen molar-refractivity contribution in [1.82, 2.24) is 5.32 Å². The van der Waals surface area contributed by atoms with Gasteiger partial charge in [-0.1, -0.05) is 6.58 Å². The summed E-state index contributed by atoms with van der Waals surface area (Å²) in [4.78, 5) is 23.4. The molecule has 2 unspecified atom stereocenters. The minimum Gasteiger partial charge on any atom is -0.458 e. The molecule has 0 aliphatic heterocycles. The second-order valence-electron chi connectivity index (χ2n) is 7.58. The number of carbonyl (C=O) groups excluding carboxylic acids is 2. The van der Waals surface area contributed by atoms with E-state index >= 15 is 0 Å². The van der Waals surface area contributed by atoms with E-state index in [1.54, 1.807) is 6.92 Å². The highest BCUT2D eigenvalue weighted by molar-refractivity contribution is 5.94. The van der Waals surface area contributed by atoms with Crippen LogP contribution in [0.4, 0.5) is 0 Å². The molecule has 0 aromatic carbocycles. The fourth-order valence-corrected chi connectivity index (χ4v) is 4.94. The number of esters is 1. The fourth-order valence-electron chi connectivity index (χ4n) is 4.94. The van der Waals surface area contributed by atoms with Gasteiger partial charge in [0, 0.05) is 24.8 Å². The Hall–Kier alpha value is -1.40. The maximum atomic E-state index is 12.0. The van der Waals surface area contributed by atoms with Crippen LogP contribution in [0.25, 0.3) is 0 Å². The molecule has 1 amide bonds. The van der Waals surface area contributed by atoms with Crippen molar-refractivity contribution >= 4 is 11.9 Å². The fraction of sp³-hybridized carbons (Fsp3) is 0.750. The molecule has 3 N–H and O–H groups in total. The molecule has 0 radical (unpaired) electrons. The highest BCUT2D eigenvalue weighted by Gasteiger charge is 2.64. The first-order valence-corrected chi connectivity index (χ1v) is 7.73. The monoisotopic (exact) mass is 309 g/mol. The van der Waals surface area contributed by atoms with Gasteiger partial charge in [0.1, 0.15) is 12.1 Å². The van der Waals surface area contributed by atoms with Gasteiger partial charge < -0.3 is 20.3 Å². The van der Waals surface area contributed by atoms with E-state index < -0.39 is 22.8 Å². The molecule has 4 fully saturated rings. The van der Waals surface area contributed by atoms with Crippen LogP contribution in [0.1, 0.15) is 45.4 Å². The van der Waals surface area contributed by atoms with Crippen LogP contribution in [-0.4, -0.2) is 45.4 Å². The quantitative estimate of drug-likeness (QED) is 0.517. The molecule has 22 heavy (non-hydrogen) atoms. The molecule has 4 bridgehead atoms. The molecule has 0 saturated heterocycles. The van der Waals surface area contributed by atoms with Gasteiger partial charge in [-0.25, -0.2) is 0 Å². The lowest BCUT2D eigenvalue weighted by Crippen LogP contribution is -2.67. The van der Waals surface area contributed by atoms with Crippen LogP contribution in [0.3, 0.4) is 0 Å². The van der Waals surface area contributed by atoms with Crippen molar-refractivity contribution in [1.29, 1.82) is 0 Å². The lowest BCUT2D eigenvalue weighted by molar-refractivity contribution is -0.261. The molecule has 0 aromatic heterocycles. The molecule has 6 heteroatoms. The maximum Gasteiger partial charge on any atom is 0.325 e. The highest BCUT2D eigenvalue weighted by Crippen LogP contribution is 2.60.